The van der Waals surface area contributed by atoms with Crippen molar-refractivity contribution in [2.24, 2.45) is 20.5 Å². The number of aromatic hydroxyl groups is 2. The number of aromatic amines is 1. The molecule has 7 rings (SSSR count). The van der Waals surface area contributed by atoms with E-state index in [1.807, 2.05) is 13.8 Å². The summed E-state index contributed by atoms with van der Waals surface area (Å²) in [6.07, 6.45) is 26.9. The summed E-state index contributed by atoms with van der Waals surface area (Å²) in [7, 11) is 0. The first-order valence-electron chi connectivity index (χ1n) is 39.4. The van der Waals surface area contributed by atoms with Crippen LogP contribution in [0, 0.1) is 17.9 Å². The molecule has 3 N–H and O–H groups in total. The number of nitrogens with zero attached hydrogens (tertiary/aromatic N) is 16. The van der Waals surface area contributed by atoms with E-state index < -0.39 is 64.1 Å². The Morgan fingerprint density at radius 1 is 0.468 bits per heavy atom. The van der Waals surface area contributed by atoms with Gasteiger partial charge in [0.1, 0.15) is 11.6 Å². The number of carbonyl (C=O) groups excluding carboxylic acids is 4. The Hall–Kier alpha value is -10.2. The maximum atomic E-state index is 14.0. The number of esters is 4. The molecule has 0 unspecified atom stereocenters. The monoisotopic (exact) mass is 1500 g/mol. The van der Waals surface area contributed by atoms with E-state index in [0.29, 0.717) is 62.8 Å². The van der Waals surface area contributed by atoms with Gasteiger partial charge in [-0.25, -0.2) is 38.2 Å². The Labute approximate surface area is 640 Å². The molecule has 5 heterocycles. The van der Waals surface area contributed by atoms with Crippen LogP contribution in [0.4, 0.5) is 28.7 Å². The van der Waals surface area contributed by atoms with Crippen molar-refractivity contribution in [1.29, 1.82) is 5.26 Å². The van der Waals surface area contributed by atoms with Gasteiger partial charge in [0.25, 0.3) is 11.6 Å². The fraction of sp³-hybridized carbons (Fsp3) is 0.593. The average molecular weight is 1500 g/mol. The second-order valence-corrected chi connectivity index (χ2v) is 29.7. The van der Waals surface area contributed by atoms with E-state index >= 15 is 0 Å². The second kappa shape index (κ2) is 43.1. The third kappa shape index (κ3) is 24.4. The number of H-pyrrole nitrogens is 1. The summed E-state index contributed by atoms with van der Waals surface area (Å²) in [6, 6.07) is 11.1. The number of azo groups is 2. The van der Waals surface area contributed by atoms with Crippen molar-refractivity contribution in [1.82, 2.24) is 54.1 Å². The minimum atomic E-state index is -1.02. The van der Waals surface area contributed by atoms with Gasteiger partial charge in [0.05, 0.1) is 89.4 Å². The highest BCUT2D eigenvalue weighted by Gasteiger charge is 2.34. The summed E-state index contributed by atoms with van der Waals surface area (Å²) in [6.45, 7) is 32.5. The first kappa shape index (κ1) is 86.0. The van der Waals surface area contributed by atoms with Crippen LogP contribution in [0.15, 0.2) is 61.6 Å². The molecule has 0 atom stereocenters. The Kier molecular flexibility index (Phi) is 34.0. The van der Waals surface area contributed by atoms with Crippen LogP contribution in [0.5, 0.6) is 11.8 Å². The number of rotatable bonds is 46. The molecule has 28 heteroatoms. The van der Waals surface area contributed by atoms with Crippen molar-refractivity contribution >= 4 is 52.6 Å². The van der Waals surface area contributed by atoms with Crippen molar-refractivity contribution in [3.05, 3.63) is 109 Å². The standard InChI is InChI=1S/C81H113N17O11/c1-14-20-26-30-34-38-44-106-73(101)55-48-56(74(102)107-45-39-35-31-27-21-15-2)51-59(50-55)95-69(61(54-82)62(91-95)42-24-18-5)89-87-65-67(80(7,8)9)93-97(71(65)99)77-84-78(86-79(105)85-77)98-72(100)66(68(94-98)81(10,11)12)88-90-70-64(83-13)63(43-25-19-6)92-96(70)60-52-57(75(103)108-46-40-36-32-28-22-16-3)49-58(53-60)76(104)109-47-41-37-33-29-23-17-4/h48-53,99-100H,14-47H2,1-12H3,(H,84,85,86,105). The summed E-state index contributed by atoms with van der Waals surface area (Å²) in [5.41, 5.74) is -1.76. The predicted molar refractivity (Wildman–Crippen MR) is 416 cm³/mol. The largest absolute Gasteiger partial charge is 0.492 e. The van der Waals surface area contributed by atoms with Gasteiger partial charge in [0, 0.05) is 10.8 Å². The van der Waals surface area contributed by atoms with Crippen LogP contribution in [0.25, 0.3) is 28.1 Å². The summed E-state index contributed by atoms with van der Waals surface area (Å²) < 4.78 is 27.5. The van der Waals surface area contributed by atoms with Gasteiger partial charge in [-0.15, -0.1) is 20.5 Å². The molecule has 7 aromatic rings. The molecule has 0 fully saturated rings. The fourth-order valence-electron chi connectivity index (χ4n) is 12.2. The molecule has 0 aliphatic rings. The SMILES string of the molecule is [C-]#[N+]c1c(CCCC)nn(-c2cc(C(=O)OCCCCCCCC)cc(C(=O)OCCCCCCCC)c2)c1N=Nc1c(C(C)(C)C)nn(-c2nc(-n3nc(C(C)(C)C)c(N=Nc4c(C#N)c(CCCC)nn4-c4cc(C(=O)OCCCCCCCC)cc(C(=O)OCCCCCCCC)c4)c3O)[nH]c(=O)n2)c1O. The lowest BCUT2D eigenvalue weighted by Gasteiger charge is -2.15. The molecule has 2 aromatic carbocycles. The Balaban J connectivity index is 1.31. The van der Waals surface area contributed by atoms with Gasteiger partial charge in [-0.2, -0.15) is 45.0 Å². The molecule has 5 aromatic heterocycles. The van der Waals surface area contributed by atoms with E-state index in [2.05, 4.69) is 74.0 Å². The number of nitriles is 1. The molecular formula is C81H113N17O11. The normalized spacial score (nSPS) is 11.8. The highest BCUT2D eigenvalue weighted by molar-refractivity contribution is 5.97. The van der Waals surface area contributed by atoms with Gasteiger partial charge >= 0.3 is 29.6 Å². The number of nitrogens with one attached hydrogen (secondary N) is 1. The molecule has 0 aliphatic carbocycles. The minimum absolute atomic E-state index is 0.0154. The highest BCUT2D eigenvalue weighted by Crippen LogP contribution is 2.44. The molecule has 588 valence electrons. The lowest BCUT2D eigenvalue weighted by atomic mass is 9.91. The molecule has 0 saturated heterocycles. The van der Waals surface area contributed by atoms with E-state index in [1.54, 1.807) is 41.5 Å². The van der Waals surface area contributed by atoms with Gasteiger partial charge in [-0.1, -0.05) is 224 Å². The van der Waals surface area contributed by atoms with Crippen molar-refractivity contribution in [3.8, 4) is 41.1 Å². The molecule has 0 saturated carbocycles. The fourth-order valence-corrected chi connectivity index (χ4v) is 12.2. The topological polar surface area (TPSA) is 353 Å². The van der Waals surface area contributed by atoms with Crippen LogP contribution in [0.1, 0.15) is 333 Å². The molecular weight excluding hydrogens is 1390 g/mol. The molecule has 0 aliphatic heterocycles. The van der Waals surface area contributed by atoms with Crippen molar-refractivity contribution < 1.29 is 48.3 Å². The highest BCUT2D eigenvalue weighted by atomic mass is 16.5. The minimum Gasteiger partial charge on any atom is -0.492 e. The second-order valence-electron chi connectivity index (χ2n) is 29.7. The summed E-state index contributed by atoms with van der Waals surface area (Å²) in [4.78, 5) is 84.8. The average Bonchev–Trinajstić information content (AvgIpc) is 1.62. The van der Waals surface area contributed by atoms with Gasteiger partial charge in [0.2, 0.25) is 17.7 Å². The zero-order valence-electron chi connectivity index (χ0n) is 66.2. The molecule has 109 heavy (non-hydrogen) atoms. The quantitative estimate of drug-likeness (QED) is 0.0105. The zero-order valence-corrected chi connectivity index (χ0v) is 66.2. The number of unbranched alkanes of at least 4 members (excludes halogenated alkanes) is 22. The van der Waals surface area contributed by atoms with Crippen LogP contribution in [-0.4, -0.2) is 115 Å². The van der Waals surface area contributed by atoms with Crippen LogP contribution in [0.3, 0.4) is 0 Å². The van der Waals surface area contributed by atoms with Crippen LogP contribution < -0.4 is 5.69 Å². The number of hydrogen-bond donors (Lipinski definition) is 3. The van der Waals surface area contributed by atoms with E-state index in [0.717, 1.165) is 151 Å². The molecule has 0 spiro atoms. The van der Waals surface area contributed by atoms with Crippen LogP contribution in [0.2, 0.25) is 0 Å². The predicted octanol–water partition coefficient (Wildman–Crippen LogP) is 19.9. The number of aryl methyl sites for hydroxylation is 2. The molecule has 0 amide bonds. The number of carbonyl (C=O) groups is 4. The molecule has 0 radical (unpaired) electrons. The zero-order chi connectivity index (χ0) is 79.0. The van der Waals surface area contributed by atoms with Crippen LogP contribution >= 0.6 is 0 Å². The van der Waals surface area contributed by atoms with Gasteiger partial charge in [-0.05, 0) is 87.8 Å². The van der Waals surface area contributed by atoms with E-state index in [1.165, 1.54) is 45.8 Å². The van der Waals surface area contributed by atoms with Crippen molar-refractivity contribution in [2.75, 3.05) is 26.4 Å². The third-order valence-corrected chi connectivity index (χ3v) is 18.4. The van der Waals surface area contributed by atoms with Gasteiger partial charge < -0.3 is 29.2 Å². The lowest BCUT2D eigenvalue weighted by Crippen LogP contribution is -2.21. The van der Waals surface area contributed by atoms with E-state index in [4.69, 9.17) is 45.9 Å². The Morgan fingerprint density at radius 3 is 1.20 bits per heavy atom. The summed E-state index contributed by atoms with van der Waals surface area (Å²) in [5.74, 6) is -5.21. The van der Waals surface area contributed by atoms with Gasteiger partial charge in [0.15, 0.2) is 23.0 Å². The lowest BCUT2D eigenvalue weighted by molar-refractivity contribution is 0.0477. The summed E-state index contributed by atoms with van der Waals surface area (Å²) >= 11 is 0. The van der Waals surface area contributed by atoms with Crippen LogP contribution in [-0.2, 0) is 42.6 Å². The molecule has 0 bridgehead atoms. The first-order valence-corrected chi connectivity index (χ1v) is 39.4. The maximum Gasteiger partial charge on any atom is 0.351 e. The molecule has 28 nitrogen and oxygen atoms in total. The maximum absolute atomic E-state index is 14.0. The van der Waals surface area contributed by atoms with E-state index in [-0.39, 0.29) is 106 Å². The first-order chi connectivity index (χ1) is 52.5. The number of benzene rings is 2. The van der Waals surface area contributed by atoms with E-state index in [9.17, 15) is 39.4 Å². The number of hydrogen-bond acceptors (Lipinski definition) is 22. The third-order valence-electron chi connectivity index (χ3n) is 18.4. The Morgan fingerprint density at radius 2 is 0.817 bits per heavy atom. The summed E-state index contributed by atoms with van der Waals surface area (Å²) in [5, 5.41) is 73.3. The van der Waals surface area contributed by atoms with Crippen molar-refractivity contribution in [3.63, 3.8) is 0 Å². The Bertz CT molecular complexity index is 4010. The number of aromatic nitrogens is 11. The smallest absolute Gasteiger partial charge is 0.351 e. The van der Waals surface area contributed by atoms with Gasteiger partial charge in [-0.3, -0.25) is 4.98 Å². The number of ether oxygens (including phenoxy) is 4. The van der Waals surface area contributed by atoms with Crippen molar-refractivity contribution in [2.45, 2.75) is 287 Å².